The second-order valence-electron chi connectivity index (χ2n) is 6.25. The smallest absolute Gasteiger partial charge is 0.266 e. The van der Waals surface area contributed by atoms with Crippen molar-refractivity contribution in [2.24, 2.45) is 0 Å². The third kappa shape index (κ3) is 2.60. The van der Waals surface area contributed by atoms with E-state index in [2.05, 4.69) is 4.98 Å². The molecule has 5 nitrogen and oxygen atoms in total. The SMILES string of the molecule is Cc1ccc(-c2nc(C)c(C(=O)N3CCO[C@@H]4CCC[C@@H]43)s2)o1. The van der Waals surface area contributed by atoms with Crippen LogP contribution in [0.25, 0.3) is 10.8 Å². The third-order valence-corrected chi connectivity index (χ3v) is 5.84. The number of rotatable bonds is 2. The Morgan fingerprint density at radius 1 is 1.35 bits per heavy atom. The Bertz CT molecular complexity index is 736. The molecular formula is C17H20N2O3S. The largest absolute Gasteiger partial charge is 0.459 e. The number of aromatic nitrogens is 1. The lowest BCUT2D eigenvalue weighted by atomic mass is 10.1. The van der Waals surface area contributed by atoms with E-state index in [1.165, 1.54) is 11.3 Å². The summed E-state index contributed by atoms with van der Waals surface area (Å²) in [4.78, 5) is 20.3. The van der Waals surface area contributed by atoms with Gasteiger partial charge in [0.1, 0.15) is 10.6 Å². The first-order chi connectivity index (χ1) is 11.1. The van der Waals surface area contributed by atoms with Crippen LogP contribution in [0.1, 0.15) is 40.4 Å². The van der Waals surface area contributed by atoms with Gasteiger partial charge in [0, 0.05) is 6.54 Å². The second-order valence-corrected chi connectivity index (χ2v) is 7.25. The Morgan fingerprint density at radius 2 is 2.22 bits per heavy atom. The van der Waals surface area contributed by atoms with Crippen molar-refractivity contribution < 1.29 is 13.9 Å². The quantitative estimate of drug-likeness (QED) is 0.845. The highest BCUT2D eigenvalue weighted by atomic mass is 32.1. The van der Waals surface area contributed by atoms with E-state index in [1.807, 2.05) is 30.9 Å². The summed E-state index contributed by atoms with van der Waals surface area (Å²) in [5, 5.41) is 0.773. The molecule has 1 saturated heterocycles. The van der Waals surface area contributed by atoms with Gasteiger partial charge in [0.2, 0.25) is 0 Å². The van der Waals surface area contributed by atoms with Crippen molar-refractivity contribution >= 4 is 17.2 Å². The Hall–Kier alpha value is -1.66. The summed E-state index contributed by atoms with van der Waals surface area (Å²) in [6.07, 6.45) is 3.46. The summed E-state index contributed by atoms with van der Waals surface area (Å²) in [6, 6.07) is 4.05. The van der Waals surface area contributed by atoms with E-state index < -0.39 is 0 Å². The van der Waals surface area contributed by atoms with Crippen LogP contribution in [-0.2, 0) is 4.74 Å². The van der Waals surface area contributed by atoms with Crippen LogP contribution in [0.15, 0.2) is 16.5 Å². The maximum absolute atomic E-state index is 13.0. The van der Waals surface area contributed by atoms with Gasteiger partial charge >= 0.3 is 0 Å². The molecule has 1 aliphatic heterocycles. The molecule has 2 aromatic rings. The topological polar surface area (TPSA) is 55.6 Å². The van der Waals surface area contributed by atoms with Crippen molar-refractivity contribution in [2.45, 2.75) is 45.3 Å². The predicted molar refractivity (Wildman–Crippen MR) is 87.7 cm³/mol. The highest BCUT2D eigenvalue weighted by Crippen LogP contribution is 2.34. The van der Waals surface area contributed by atoms with Crippen molar-refractivity contribution in [1.82, 2.24) is 9.88 Å². The van der Waals surface area contributed by atoms with Crippen LogP contribution >= 0.6 is 11.3 Å². The van der Waals surface area contributed by atoms with Crippen LogP contribution in [0, 0.1) is 13.8 Å². The Labute approximate surface area is 139 Å². The molecule has 23 heavy (non-hydrogen) atoms. The van der Waals surface area contributed by atoms with Gasteiger partial charge in [-0.25, -0.2) is 4.98 Å². The Kier molecular flexibility index (Phi) is 3.73. The lowest BCUT2D eigenvalue weighted by molar-refractivity contribution is -0.0444. The molecule has 0 N–H and O–H groups in total. The first-order valence-electron chi connectivity index (χ1n) is 8.10. The number of furan rings is 1. The third-order valence-electron chi connectivity index (χ3n) is 4.68. The van der Waals surface area contributed by atoms with Crippen LogP contribution in [0.4, 0.5) is 0 Å². The number of ether oxygens (including phenoxy) is 1. The average Bonchev–Trinajstić information content (AvgIpc) is 3.25. The van der Waals surface area contributed by atoms with E-state index in [0.29, 0.717) is 13.2 Å². The zero-order valence-corrected chi connectivity index (χ0v) is 14.2. The monoisotopic (exact) mass is 332 g/mol. The first-order valence-corrected chi connectivity index (χ1v) is 8.92. The van der Waals surface area contributed by atoms with E-state index in [0.717, 1.165) is 46.4 Å². The van der Waals surface area contributed by atoms with E-state index in [4.69, 9.17) is 9.15 Å². The molecule has 0 bridgehead atoms. The number of morpholine rings is 1. The molecule has 2 aliphatic rings. The number of carbonyl (C=O) groups is 1. The van der Waals surface area contributed by atoms with Gasteiger partial charge in [-0.3, -0.25) is 4.79 Å². The molecule has 1 saturated carbocycles. The van der Waals surface area contributed by atoms with E-state index in [1.54, 1.807) is 0 Å². The summed E-state index contributed by atoms with van der Waals surface area (Å²) >= 11 is 1.42. The molecule has 6 heteroatoms. The number of hydrogen-bond acceptors (Lipinski definition) is 5. The van der Waals surface area contributed by atoms with Gasteiger partial charge in [0.05, 0.1) is 24.4 Å². The van der Waals surface area contributed by atoms with E-state index in [-0.39, 0.29) is 18.1 Å². The summed E-state index contributed by atoms with van der Waals surface area (Å²) in [7, 11) is 0. The van der Waals surface area contributed by atoms with Crippen molar-refractivity contribution in [1.29, 1.82) is 0 Å². The Balaban J connectivity index is 1.62. The summed E-state index contributed by atoms with van der Waals surface area (Å²) in [5.41, 5.74) is 0.782. The van der Waals surface area contributed by atoms with Crippen molar-refractivity contribution in [3.63, 3.8) is 0 Å². The number of thiazole rings is 1. The maximum Gasteiger partial charge on any atom is 0.266 e. The van der Waals surface area contributed by atoms with Crippen LogP contribution in [0.3, 0.4) is 0 Å². The lowest BCUT2D eigenvalue weighted by Crippen LogP contribution is -2.51. The van der Waals surface area contributed by atoms with Crippen molar-refractivity contribution in [3.05, 3.63) is 28.5 Å². The van der Waals surface area contributed by atoms with Gasteiger partial charge in [-0.1, -0.05) is 0 Å². The normalized spacial score (nSPS) is 24.0. The minimum Gasteiger partial charge on any atom is -0.459 e. The molecule has 0 unspecified atom stereocenters. The minimum atomic E-state index is 0.0923. The standard InChI is InChI=1S/C17H20N2O3S/c1-10-6-7-14(22-10)16-18-11(2)15(23-16)17(20)19-8-9-21-13-5-3-4-12(13)19/h6-7,12-13H,3-5,8-9H2,1-2H3/t12-,13+/m0/s1. The molecule has 1 amide bonds. The zero-order chi connectivity index (χ0) is 16.0. The van der Waals surface area contributed by atoms with Gasteiger partial charge in [-0.05, 0) is 45.2 Å². The Morgan fingerprint density at radius 3 is 3.00 bits per heavy atom. The molecule has 2 aromatic heterocycles. The molecule has 1 aliphatic carbocycles. The number of amides is 1. The maximum atomic E-state index is 13.0. The van der Waals surface area contributed by atoms with Gasteiger partial charge in [-0.15, -0.1) is 11.3 Å². The summed E-state index contributed by atoms with van der Waals surface area (Å²) < 4.78 is 11.4. The van der Waals surface area contributed by atoms with Crippen molar-refractivity contribution in [3.8, 4) is 10.8 Å². The lowest BCUT2D eigenvalue weighted by Gasteiger charge is -2.37. The highest BCUT2D eigenvalue weighted by molar-refractivity contribution is 7.17. The molecule has 0 aromatic carbocycles. The summed E-state index contributed by atoms with van der Waals surface area (Å²) in [5.74, 6) is 1.67. The molecule has 4 rings (SSSR count). The van der Waals surface area contributed by atoms with Gasteiger partial charge < -0.3 is 14.1 Å². The number of carbonyl (C=O) groups excluding carboxylic acids is 1. The molecule has 3 heterocycles. The highest BCUT2D eigenvalue weighted by Gasteiger charge is 2.39. The van der Waals surface area contributed by atoms with Gasteiger partial charge in [-0.2, -0.15) is 0 Å². The van der Waals surface area contributed by atoms with Crippen LogP contribution < -0.4 is 0 Å². The molecular weight excluding hydrogens is 312 g/mol. The van der Waals surface area contributed by atoms with E-state index in [9.17, 15) is 4.79 Å². The average molecular weight is 332 g/mol. The number of nitrogens with zero attached hydrogens (tertiary/aromatic N) is 2. The summed E-state index contributed by atoms with van der Waals surface area (Å²) in [6.45, 7) is 5.11. The zero-order valence-electron chi connectivity index (χ0n) is 13.4. The van der Waals surface area contributed by atoms with Gasteiger partial charge in [0.15, 0.2) is 10.8 Å². The second kappa shape index (κ2) is 5.76. The first kappa shape index (κ1) is 14.9. The van der Waals surface area contributed by atoms with Crippen molar-refractivity contribution in [2.75, 3.05) is 13.2 Å². The molecule has 122 valence electrons. The molecule has 2 fully saturated rings. The minimum absolute atomic E-state index is 0.0923. The predicted octanol–water partition coefficient (Wildman–Crippen LogP) is 3.41. The fraction of sp³-hybridized carbons (Fsp3) is 0.529. The van der Waals surface area contributed by atoms with Gasteiger partial charge in [0.25, 0.3) is 5.91 Å². The van der Waals surface area contributed by atoms with Crippen LogP contribution in [0.2, 0.25) is 0 Å². The van der Waals surface area contributed by atoms with Crippen LogP contribution in [0.5, 0.6) is 0 Å². The number of fused-ring (bicyclic) bond motifs is 1. The van der Waals surface area contributed by atoms with E-state index >= 15 is 0 Å². The fourth-order valence-corrected chi connectivity index (χ4v) is 4.54. The number of aryl methyl sites for hydroxylation is 2. The molecule has 0 spiro atoms. The number of hydrogen-bond donors (Lipinski definition) is 0. The molecule has 2 atom stereocenters. The fourth-order valence-electron chi connectivity index (χ4n) is 3.56. The molecule has 0 radical (unpaired) electrons. The van der Waals surface area contributed by atoms with Crippen LogP contribution in [-0.4, -0.2) is 41.1 Å².